The molecule has 0 saturated heterocycles. The number of carbonyl (C=O) groups excluding carboxylic acids is 2. The minimum atomic E-state index is -0.409. The first kappa shape index (κ1) is 20.4. The minimum Gasteiger partial charge on any atom is -0.359 e. The van der Waals surface area contributed by atoms with Crippen LogP contribution in [-0.2, 0) is 11.2 Å². The van der Waals surface area contributed by atoms with Gasteiger partial charge in [0, 0.05) is 19.0 Å². The molecule has 3 N–H and O–H groups in total. The Morgan fingerprint density at radius 2 is 1.67 bits per heavy atom. The summed E-state index contributed by atoms with van der Waals surface area (Å²) in [5.74, 6) is 0.0394. The number of nitrogens with one attached hydrogen (secondary N) is 1. The van der Waals surface area contributed by atoms with Crippen molar-refractivity contribution in [1.82, 2.24) is 5.32 Å². The number of nitrogens with two attached hydrogens (primary N) is 1. The third-order valence-corrected chi connectivity index (χ3v) is 4.36. The van der Waals surface area contributed by atoms with Gasteiger partial charge in [0.25, 0.3) is 0 Å². The highest BCUT2D eigenvalue weighted by atomic mass is 16.1. The van der Waals surface area contributed by atoms with E-state index in [0.29, 0.717) is 18.4 Å². The Morgan fingerprint density at radius 1 is 1.04 bits per heavy atom. The van der Waals surface area contributed by atoms with Crippen LogP contribution in [-0.4, -0.2) is 24.8 Å². The second-order valence-electron chi connectivity index (χ2n) is 6.40. The number of carbonyl (C=O) groups is 2. The molecule has 0 bridgehead atoms. The zero-order valence-corrected chi connectivity index (χ0v) is 15.1. The highest BCUT2D eigenvalue weighted by molar-refractivity contribution is 5.99. The lowest BCUT2D eigenvalue weighted by atomic mass is 9.97. The number of ketones is 1. The summed E-state index contributed by atoms with van der Waals surface area (Å²) in [4.78, 5) is 23.6. The van der Waals surface area contributed by atoms with E-state index in [1.54, 1.807) is 7.05 Å². The van der Waals surface area contributed by atoms with E-state index in [0.717, 1.165) is 24.8 Å². The predicted octanol–water partition coefficient (Wildman–Crippen LogP) is 3.63. The molecule has 1 atom stereocenters. The highest BCUT2D eigenvalue weighted by Crippen LogP contribution is 2.13. The molecule has 134 valence electrons. The molecule has 0 aliphatic rings. The van der Waals surface area contributed by atoms with Crippen molar-refractivity contribution in [3.8, 4) is 0 Å². The van der Waals surface area contributed by atoms with Crippen LogP contribution < -0.4 is 11.1 Å². The monoisotopic (exact) mass is 332 g/mol. The molecular weight excluding hydrogens is 300 g/mol. The molecule has 0 aliphatic carbocycles. The van der Waals surface area contributed by atoms with Crippen molar-refractivity contribution in [2.45, 2.75) is 70.8 Å². The Kier molecular flexibility index (Phi) is 10.0. The number of rotatable bonds is 12. The van der Waals surface area contributed by atoms with Crippen molar-refractivity contribution in [3.63, 3.8) is 0 Å². The van der Waals surface area contributed by atoms with E-state index in [2.05, 4.69) is 12.2 Å². The Labute approximate surface area is 146 Å². The van der Waals surface area contributed by atoms with Gasteiger partial charge in [-0.3, -0.25) is 9.59 Å². The number of amides is 1. The Morgan fingerprint density at radius 3 is 2.29 bits per heavy atom. The summed E-state index contributed by atoms with van der Waals surface area (Å²) in [5, 5.41) is 2.61. The molecule has 4 heteroatoms. The van der Waals surface area contributed by atoms with Gasteiger partial charge in [0.05, 0.1) is 6.04 Å². The first-order valence-corrected chi connectivity index (χ1v) is 9.17. The van der Waals surface area contributed by atoms with Gasteiger partial charge in [-0.25, -0.2) is 0 Å². The molecule has 0 aliphatic heterocycles. The van der Waals surface area contributed by atoms with Gasteiger partial charge in [-0.05, 0) is 18.4 Å². The lowest BCUT2D eigenvalue weighted by Gasteiger charge is -2.11. The molecule has 0 aromatic heterocycles. The van der Waals surface area contributed by atoms with Gasteiger partial charge < -0.3 is 11.1 Å². The summed E-state index contributed by atoms with van der Waals surface area (Å²) >= 11 is 0. The molecule has 1 aromatic carbocycles. The van der Waals surface area contributed by atoms with E-state index in [1.807, 2.05) is 24.3 Å². The largest absolute Gasteiger partial charge is 0.359 e. The van der Waals surface area contributed by atoms with Crippen molar-refractivity contribution < 1.29 is 9.59 Å². The highest BCUT2D eigenvalue weighted by Gasteiger charge is 2.15. The van der Waals surface area contributed by atoms with Gasteiger partial charge in [-0.15, -0.1) is 0 Å². The second kappa shape index (κ2) is 11.8. The fraction of sp³-hybridized carbons (Fsp3) is 0.600. The molecule has 1 unspecified atom stereocenters. The van der Waals surface area contributed by atoms with E-state index in [4.69, 9.17) is 5.73 Å². The number of aryl methyl sites for hydroxylation is 1. The molecule has 0 radical (unpaired) electrons. The summed E-state index contributed by atoms with van der Waals surface area (Å²) in [7, 11) is 1.63. The Bertz CT molecular complexity index is 497. The minimum absolute atomic E-state index is 0.0152. The lowest BCUT2D eigenvalue weighted by Crippen LogP contribution is -2.30. The smallest absolute Gasteiger partial charge is 0.220 e. The maximum absolute atomic E-state index is 12.3. The van der Waals surface area contributed by atoms with Crippen molar-refractivity contribution in [2.75, 3.05) is 7.05 Å². The lowest BCUT2D eigenvalue weighted by molar-refractivity contribution is -0.120. The van der Waals surface area contributed by atoms with Crippen LogP contribution in [0.5, 0.6) is 0 Å². The molecule has 1 rings (SSSR count). The third-order valence-electron chi connectivity index (χ3n) is 4.36. The average Bonchev–Trinajstić information content (AvgIpc) is 2.62. The van der Waals surface area contributed by atoms with Crippen LogP contribution in [0.1, 0.15) is 74.2 Å². The fourth-order valence-electron chi connectivity index (χ4n) is 2.71. The fourth-order valence-corrected chi connectivity index (χ4v) is 2.71. The van der Waals surface area contributed by atoms with Gasteiger partial charge >= 0.3 is 0 Å². The first-order valence-electron chi connectivity index (χ1n) is 9.17. The first-order chi connectivity index (χ1) is 11.6. The summed E-state index contributed by atoms with van der Waals surface area (Å²) in [6.07, 6.45) is 9.10. The zero-order chi connectivity index (χ0) is 17.8. The number of Topliss-reactive ketones (excluding diaryl/α,β-unsaturated/α-hetero) is 1. The summed E-state index contributed by atoms with van der Waals surface area (Å²) in [6.45, 7) is 2.21. The molecule has 0 spiro atoms. The number of benzene rings is 1. The number of unbranched alkanes of at least 4 members (excludes halogenated alkanes) is 5. The van der Waals surface area contributed by atoms with Crippen molar-refractivity contribution in [1.29, 1.82) is 0 Å². The molecule has 0 fully saturated rings. The van der Waals surface area contributed by atoms with E-state index in [1.165, 1.54) is 25.7 Å². The van der Waals surface area contributed by atoms with Crippen LogP contribution in [0.3, 0.4) is 0 Å². The van der Waals surface area contributed by atoms with Gasteiger partial charge in [-0.1, -0.05) is 69.7 Å². The molecule has 1 amide bonds. The zero-order valence-electron chi connectivity index (χ0n) is 15.1. The van der Waals surface area contributed by atoms with Crippen LogP contribution >= 0.6 is 0 Å². The van der Waals surface area contributed by atoms with Crippen molar-refractivity contribution in [3.05, 3.63) is 35.4 Å². The third kappa shape index (κ3) is 7.73. The van der Waals surface area contributed by atoms with E-state index < -0.39 is 6.04 Å². The molecule has 0 heterocycles. The van der Waals surface area contributed by atoms with Crippen LogP contribution in [0.15, 0.2) is 24.3 Å². The quantitative estimate of drug-likeness (QED) is 0.453. The van der Waals surface area contributed by atoms with Crippen molar-refractivity contribution >= 4 is 11.7 Å². The molecule has 1 aromatic rings. The van der Waals surface area contributed by atoms with E-state index in [-0.39, 0.29) is 11.7 Å². The summed E-state index contributed by atoms with van der Waals surface area (Å²) in [6, 6.07) is 7.06. The summed E-state index contributed by atoms with van der Waals surface area (Å²) in [5.41, 5.74) is 7.76. The number of hydrogen-bond donors (Lipinski definition) is 2. The molecular formula is C20H32N2O2. The summed E-state index contributed by atoms with van der Waals surface area (Å²) < 4.78 is 0. The van der Waals surface area contributed by atoms with Crippen molar-refractivity contribution in [2.24, 2.45) is 5.73 Å². The maximum Gasteiger partial charge on any atom is 0.220 e. The molecule has 0 saturated carbocycles. The van der Waals surface area contributed by atoms with Gasteiger partial charge in [0.2, 0.25) is 5.91 Å². The predicted molar refractivity (Wildman–Crippen MR) is 99.1 cm³/mol. The average molecular weight is 332 g/mol. The maximum atomic E-state index is 12.3. The Balaban J connectivity index is 2.36. The normalized spacial score (nSPS) is 12.0. The molecule has 24 heavy (non-hydrogen) atoms. The van der Waals surface area contributed by atoms with Gasteiger partial charge in [0.1, 0.15) is 0 Å². The van der Waals surface area contributed by atoms with Crippen LogP contribution in [0.2, 0.25) is 0 Å². The number of hydrogen-bond acceptors (Lipinski definition) is 3. The van der Waals surface area contributed by atoms with Crippen LogP contribution in [0, 0.1) is 0 Å². The standard InChI is InChI=1S/C20H32N2O2/c1-3-4-5-6-7-8-9-18(21)20(24)17-13-10-16(11-14-17)12-15-19(23)22-2/h10-11,13-14,18H,3-9,12,15,21H2,1-2H3,(H,22,23). The van der Waals surface area contributed by atoms with Crippen LogP contribution in [0.25, 0.3) is 0 Å². The molecule has 4 nitrogen and oxygen atoms in total. The second-order valence-corrected chi connectivity index (χ2v) is 6.40. The van der Waals surface area contributed by atoms with E-state index in [9.17, 15) is 9.59 Å². The van der Waals surface area contributed by atoms with Gasteiger partial charge in [-0.2, -0.15) is 0 Å². The van der Waals surface area contributed by atoms with Gasteiger partial charge in [0.15, 0.2) is 5.78 Å². The van der Waals surface area contributed by atoms with E-state index >= 15 is 0 Å². The SMILES string of the molecule is CCCCCCCCC(N)C(=O)c1ccc(CCC(=O)NC)cc1. The Hall–Kier alpha value is -1.68. The topological polar surface area (TPSA) is 72.2 Å². The van der Waals surface area contributed by atoms with Crippen LogP contribution in [0.4, 0.5) is 0 Å².